The third-order valence-corrected chi connectivity index (χ3v) is 6.55. The van der Waals surface area contributed by atoms with Crippen molar-refractivity contribution in [2.24, 2.45) is 29.6 Å². The Balaban J connectivity index is 1.39. The van der Waals surface area contributed by atoms with E-state index >= 15 is 0 Å². The maximum atomic E-state index is 11.3. The molecule has 0 aromatic heterocycles. The molecule has 1 aromatic rings. The number of rotatable bonds is 4. The normalized spacial score (nSPS) is 36.9. The SMILES string of the molecule is CC(=O)c1ccc(CCC2C3CC4CC(C3)CC2C4)cc1. The van der Waals surface area contributed by atoms with E-state index < -0.39 is 0 Å². The van der Waals surface area contributed by atoms with Crippen LogP contribution in [0.5, 0.6) is 0 Å². The molecular formula is C20H26O. The zero-order valence-corrected chi connectivity index (χ0v) is 13.1. The molecule has 0 unspecified atom stereocenters. The molecule has 4 fully saturated rings. The van der Waals surface area contributed by atoms with Gasteiger partial charge in [-0.2, -0.15) is 0 Å². The lowest BCUT2D eigenvalue weighted by Crippen LogP contribution is -2.45. The van der Waals surface area contributed by atoms with E-state index in [-0.39, 0.29) is 5.78 Å². The number of hydrogen-bond acceptors (Lipinski definition) is 1. The van der Waals surface area contributed by atoms with Gasteiger partial charge < -0.3 is 0 Å². The van der Waals surface area contributed by atoms with Gasteiger partial charge in [0.15, 0.2) is 5.78 Å². The molecule has 0 aliphatic heterocycles. The molecule has 5 rings (SSSR count). The van der Waals surface area contributed by atoms with Crippen LogP contribution < -0.4 is 0 Å². The van der Waals surface area contributed by atoms with Crippen molar-refractivity contribution >= 4 is 5.78 Å². The van der Waals surface area contributed by atoms with Crippen LogP contribution in [0.15, 0.2) is 24.3 Å². The number of aryl methyl sites for hydroxylation is 1. The summed E-state index contributed by atoms with van der Waals surface area (Å²) in [6, 6.07) is 8.31. The van der Waals surface area contributed by atoms with E-state index in [1.54, 1.807) is 13.3 Å². The summed E-state index contributed by atoms with van der Waals surface area (Å²) < 4.78 is 0. The zero-order chi connectivity index (χ0) is 14.4. The molecule has 1 aromatic carbocycles. The lowest BCUT2D eigenvalue weighted by Gasteiger charge is -2.54. The third-order valence-electron chi connectivity index (χ3n) is 6.55. The molecular weight excluding hydrogens is 256 g/mol. The molecule has 4 aliphatic rings. The second-order valence-electron chi connectivity index (χ2n) is 7.89. The van der Waals surface area contributed by atoms with Gasteiger partial charge in [0, 0.05) is 5.56 Å². The van der Waals surface area contributed by atoms with Gasteiger partial charge >= 0.3 is 0 Å². The monoisotopic (exact) mass is 282 g/mol. The Morgan fingerprint density at radius 2 is 1.52 bits per heavy atom. The number of carbonyl (C=O) groups is 1. The summed E-state index contributed by atoms with van der Waals surface area (Å²) in [5.74, 6) is 5.40. The second-order valence-corrected chi connectivity index (χ2v) is 7.89. The molecule has 21 heavy (non-hydrogen) atoms. The van der Waals surface area contributed by atoms with Gasteiger partial charge in [0.05, 0.1) is 0 Å². The van der Waals surface area contributed by atoms with Gasteiger partial charge in [-0.25, -0.2) is 0 Å². The topological polar surface area (TPSA) is 17.1 Å². The predicted octanol–water partition coefficient (Wildman–Crippen LogP) is 4.89. The lowest BCUT2D eigenvalue weighted by atomic mass is 9.51. The van der Waals surface area contributed by atoms with Crippen molar-refractivity contribution < 1.29 is 4.79 Å². The first kappa shape index (κ1) is 13.5. The van der Waals surface area contributed by atoms with Crippen LogP contribution in [0.2, 0.25) is 0 Å². The quantitative estimate of drug-likeness (QED) is 0.718. The Labute approximate surface area is 128 Å². The van der Waals surface area contributed by atoms with Crippen LogP contribution in [-0.2, 0) is 6.42 Å². The van der Waals surface area contributed by atoms with Gasteiger partial charge in [0.1, 0.15) is 0 Å². The Morgan fingerprint density at radius 3 is 2.05 bits per heavy atom. The minimum Gasteiger partial charge on any atom is -0.295 e. The van der Waals surface area contributed by atoms with Crippen LogP contribution in [0.1, 0.15) is 61.4 Å². The molecule has 4 saturated carbocycles. The Hall–Kier alpha value is -1.11. The first-order valence-electron chi connectivity index (χ1n) is 8.79. The highest BCUT2D eigenvalue weighted by Crippen LogP contribution is 2.57. The number of Topliss-reactive ketones (excluding diaryl/α,β-unsaturated/α-hetero) is 1. The Morgan fingerprint density at radius 1 is 0.952 bits per heavy atom. The van der Waals surface area contributed by atoms with E-state index in [9.17, 15) is 4.79 Å². The summed E-state index contributed by atoms with van der Waals surface area (Å²) in [6.45, 7) is 1.64. The van der Waals surface area contributed by atoms with Crippen LogP contribution in [0, 0.1) is 29.6 Å². The molecule has 0 spiro atoms. The Kier molecular flexibility index (Phi) is 3.40. The van der Waals surface area contributed by atoms with Gasteiger partial charge in [0.2, 0.25) is 0 Å². The average Bonchev–Trinajstić information content (AvgIpc) is 2.46. The smallest absolute Gasteiger partial charge is 0.159 e. The van der Waals surface area contributed by atoms with Gasteiger partial charge in [0.25, 0.3) is 0 Å². The van der Waals surface area contributed by atoms with Crippen molar-refractivity contribution in [3.05, 3.63) is 35.4 Å². The molecule has 0 heterocycles. The molecule has 4 bridgehead atoms. The van der Waals surface area contributed by atoms with Crippen molar-refractivity contribution in [2.75, 3.05) is 0 Å². The van der Waals surface area contributed by atoms with Crippen molar-refractivity contribution in [3.8, 4) is 0 Å². The van der Waals surface area contributed by atoms with E-state index in [1.165, 1.54) is 44.1 Å². The van der Waals surface area contributed by atoms with E-state index in [0.717, 1.165) is 35.2 Å². The fourth-order valence-electron chi connectivity index (χ4n) is 5.75. The highest BCUT2D eigenvalue weighted by molar-refractivity contribution is 5.93. The van der Waals surface area contributed by atoms with E-state index in [0.29, 0.717) is 0 Å². The third kappa shape index (κ3) is 2.56. The van der Waals surface area contributed by atoms with Crippen molar-refractivity contribution in [1.82, 2.24) is 0 Å². The number of carbonyl (C=O) groups excluding carboxylic acids is 1. The summed E-state index contributed by atoms with van der Waals surface area (Å²) in [5.41, 5.74) is 2.25. The van der Waals surface area contributed by atoms with Gasteiger partial charge in [-0.3, -0.25) is 4.79 Å². The van der Waals surface area contributed by atoms with E-state index in [2.05, 4.69) is 12.1 Å². The summed E-state index contributed by atoms with van der Waals surface area (Å²) in [7, 11) is 0. The molecule has 0 N–H and O–H groups in total. The van der Waals surface area contributed by atoms with Crippen LogP contribution >= 0.6 is 0 Å². The standard InChI is InChI=1S/C20H26O/c1-13(21)17-5-2-14(3-6-17)4-7-20-18-9-15-8-16(11-18)12-19(20)10-15/h2-3,5-6,15-16,18-20H,4,7-12H2,1H3. The first-order chi connectivity index (χ1) is 10.2. The highest BCUT2D eigenvalue weighted by Gasteiger charge is 2.47. The average molecular weight is 282 g/mol. The maximum Gasteiger partial charge on any atom is 0.159 e. The fourth-order valence-corrected chi connectivity index (χ4v) is 5.75. The first-order valence-corrected chi connectivity index (χ1v) is 8.79. The summed E-state index contributed by atoms with van der Waals surface area (Å²) in [6.07, 6.45) is 10.2. The highest BCUT2D eigenvalue weighted by atomic mass is 16.1. The van der Waals surface area contributed by atoms with Crippen LogP contribution in [0.25, 0.3) is 0 Å². The molecule has 1 heteroatoms. The van der Waals surface area contributed by atoms with Crippen molar-refractivity contribution in [3.63, 3.8) is 0 Å². The second kappa shape index (κ2) is 5.26. The number of benzene rings is 1. The maximum absolute atomic E-state index is 11.3. The zero-order valence-electron chi connectivity index (χ0n) is 13.1. The molecule has 0 atom stereocenters. The number of hydrogen-bond donors (Lipinski definition) is 0. The summed E-state index contributed by atoms with van der Waals surface area (Å²) in [4.78, 5) is 11.3. The van der Waals surface area contributed by atoms with E-state index in [1.807, 2.05) is 12.1 Å². The van der Waals surface area contributed by atoms with Crippen molar-refractivity contribution in [2.45, 2.75) is 51.9 Å². The minimum atomic E-state index is 0.169. The summed E-state index contributed by atoms with van der Waals surface area (Å²) in [5, 5.41) is 0. The largest absolute Gasteiger partial charge is 0.295 e. The molecule has 0 amide bonds. The molecule has 1 nitrogen and oxygen atoms in total. The van der Waals surface area contributed by atoms with Crippen LogP contribution in [0.4, 0.5) is 0 Å². The van der Waals surface area contributed by atoms with Crippen molar-refractivity contribution in [1.29, 1.82) is 0 Å². The molecule has 0 radical (unpaired) electrons. The molecule has 0 saturated heterocycles. The van der Waals surface area contributed by atoms with E-state index in [4.69, 9.17) is 0 Å². The fraction of sp³-hybridized carbons (Fsp3) is 0.650. The summed E-state index contributed by atoms with van der Waals surface area (Å²) >= 11 is 0. The Bertz CT molecular complexity index is 499. The van der Waals surface area contributed by atoms with Crippen LogP contribution in [0.3, 0.4) is 0 Å². The molecule has 4 aliphatic carbocycles. The van der Waals surface area contributed by atoms with Gasteiger partial charge in [-0.1, -0.05) is 24.3 Å². The lowest BCUT2D eigenvalue weighted by molar-refractivity contribution is -0.0394. The van der Waals surface area contributed by atoms with Crippen LogP contribution in [-0.4, -0.2) is 5.78 Å². The molecule has 112 valence electrons. The minimum absolute atomic E-state index is 0.169. The number of ketones is 1. The predicted molar refractivity (Wildman–Crippen MR) is 85.3 cm³/mol. The van der Waals surface area contributed by atoms with Gasteiger partial charge in [-0.05, 0) is 87.0 Å². The van der Waals surface area contributed by atoms with Gasteiger partial charge in [-0.15, -0.1) is 0 Å².